The SMILES string of the molecule is COc1ccc2[nH]c(=O)c(CCC(=O)NCCc3ccccc3O)cc2c1. The second kappa shape index (κ2) is 8.40. The minimum Gasteiger partial charge on any atom is -0.508 e. The minimum atomic E-state index is -0.185. The molecule has 27 heavy (non-hydrogen) atoms. The van der Waals surface area contributed by atoms with Crippen LogP contribution in [0.5, 0.6) is 11.5 Å². The van der Waals surface area contributed by atoms with Gasteiger partial charge in [-0.15, -0.1) is 0 Å². The molecule has 0 spiro atoms. The van der Waals surface area contributed by atoms with Crippen LogP contribution < -0.4 is 15.6 Å². The van der Waals surface area contributed by atoms with Crippen molar-refractivity contribution >= 4 is 16.8 Å². The number of nitrogens with one attached hydrogen (secondary N) is 2. The van der Waals surface area contributed by atoms with Gasteiger partial charge in [0.1, 0.15) is 11.5 Å². The van der Waals surface area contributed by atoms with E-state index in [1.54, 1.807) is 37.4 Å². The predicted octanol–water partition coefficient (Wildman–Crippen LogP) is 2.53. The summed E-state index contributed by atoms with van der Waals surface area (Å²) in [6, 6.07) is 14.3. The summed E-state index contributed by atoms with van der Waals surface area (Å²) in [6.07, 6.45) is 1.12. The fraction of sp³-hybridized carbons (Fsp3) is 0.238. The number of phenolic OH excluding ortho intramolecular Hbond substituents is 1. The molecule has 6 nitrogen and oxygen atoms in total. The van der Waals surface area contributed by atoms with Gasteiger partial charge in [-0.3, -0.25) is 9.59 Å². The van der Waals surface area contributed by atoms with Crippen molar-refractivity contribution in [2.45, 2.75) is 19.3 Å². The topological polar surface area (TPSA) is 91.4 Å². The van der Waals surface area contributed by atoms with Crippen molar-refractivity contribution in [3.05, 3.63) is 70.0 Å². The summed E-state index contributed by atoms with van der Waals surface area (Å²) in [4.78, 5) is 27.1. The number of hydrogen-bond donors (Lipinski definition) is 3. The maximum Gasteiger partial charge on any atom is 0.251 e. The van der Waals surface area contributed by atoms with Crippen molar-refractivity contribution < 1.29 is 14.6 Å². The predicted molar refractivity (Wildman–Crippen MR) is 104 cm³/mol. The van der Waals surface area contributed by atoms with E-state index >= 15 is 0 Å². The number of methoxy groups -OCH3 is 1. The van der Waals surface area contributed by atoms with Crippen LogP contribution >= 0.6 is 0 Å². The van der Waals surface area contributed by atoms with Crippen LogP contribution in [-0.2, 0) is 17.6 Å². The van der Waals surface area contributed by atoms with Gasteiger partial charge in [-0.05, 0) is 48.7 Å². The molecule has 0 unspecified atom stereocenters. The molecule has 0 saturated heterocycles. The summed E-state index contributed by atoms with van der Waals surface area (Å²) in [5.41, 5.74) is 1.90. The Morgan fingerprint density at radius 3 is 2.70 bits per heavy atom. The number of aryl methyl sites for hydroxylation is 1. The Labute approximate surface area is 156 Å². The largest absolute Gasteiger partial charge is 0.508 e. The lowest BCUT2D eigenvalue weighted by Crippen LogP contribution is -2.26. The van der Waals surface area contributed by atoms with Crippen molar-refractivity contribution in [3.8, 4) is 11.5 Å². The van der Waals surface area contributed by atoms with Gasteiger partial charge in [0.05, 0.1) is 7.11 Å². The Bertz CT molecular complexity index is 1010. The van der Waals surface area contributed by atoms with Gasteiger partial charge in [0.25, 0.3) is 5.56 Å². The van der Waals surface area contributed by atoms with Crippen LogP contribution in [-0.4, -0.2) is 29.7 Å². The van der Waals surface area contributed by atoms with Gasteiger partial charge in [0.15, 0.2) is 0 Å². The summed E-state index contributed by atoms with van der Waals surface area (Å²) >= 11 is 0. The van der Waals surface area contributed by atoms with Gasteiger partial charge < -0.3 is 20.1 Å². The molecule has 1 amide bonds. The minimum absolute atomic E-state index is 0.129. The monoisotopic (exact) mass is 366 g/mol. The number of benzene rings is 2. The smallest absolute Gasteiger partial charge is 0.251 e. The molecule has 3 N–H and O–H groups in total. The van der Waals surface area contributed by atoms with Crippen molar-refractivity contribution in [2.24, 2.45) is 0 Å². The number of phenols is 1. The molecule has 1 aromatic heterocycles. The Morgan fingerprint density at radius 1 is 1.11 bits per heavy atom. The Kier molecular flexibility index (Phi) is 5.76. The molecule has 3 rings (SSSR count). The molecule has 1 heterocycles. The van der Waals surface area contributed by atoms with Gasteiger partial charge in [0, 0.05) is 29.4 Å². The van der Waals surface area contributed by atoms with E-state index in [0.29, 0.717) is 30.7 Å². The third kappa shape index (κ3) is 4.67. The zero-order valence-electron chi connectivity index (χ0n) is 15.1. The summed E-state index contributed by atoms with van der Waals surface area (Å²) in [5.74, 6) is 0.808. The molecule has 2 aromatic carbocycles. The number of amides is 1. The average Bonchev–Trinajstić information content (AvgIpc) is 2.67. The zero-order valence-corrected chi connectivity index (χ0v) is 15.1. The number of hydrogen-bond acceptors (Lipinski definition) is 4. The highest BCUT2D eigenvalue weighted by atomic mass is 16.5. The summed E-state index contributed by atoms with van der Waals surface area (Å²) < 4.78 is 5.21. The van der Waals surface area contributed by atoms with Crippen molar-refractivity contribution in [2.75, 3.05) is 13.7 Å². The van der Waals surface area contributed by atoms with Crippen LogP contribution in [0.15, 0.2) is 53.3 Å². The first-order valence-corrected chi connectivity index (χ1v) is 8.80. The molecule has 0 atom stereocenters. The molecule has 0 aliphatic carbocycles. The van der Waals surface area contributed by atoms with Crippen LogP contribution in [0.2, 0.25) is 0 Å². The Morgan fingerprint density at radius 2 is 1.93 bits per heavy atom. The molecule has 6 heteroatoms. The first-order chi connectivity index (χ1) is 13.1. The second-order valence-corrected chi connectivity index (χ2v) is 6.31. The van der Waals surface area contributed by atoms with E-state index in [4.69, 9.17) is 4.74 Å². The highest BCUT2D eigenvalue weighted by Gasteiger charge is 2.08. The van der Waals surface area contributed by atoms with Gasteiger partial charge in [-0.1, -0.05) is 18.2 Å². The highest BCUT2D eigenvalue weighted by Crippen LogP contribution is 2.19. The maximum atomic E-state index is 12.2. The van der Waals surface area contributed by atoms with E-state index in [1.807, 2.05) is 18.2 Å². The molecule has 0 aliphatic rings. The normalized spacial score (nSPS) is 10.7. The lowest BCUT2D eigenvalue weighted by Gasteiger charge is -2.08. The molecule has 0 radical (unpaired) electrons. The number of fused-ring (bicyclic) bond motifs is 1. The number of pyridine rings is 1. The standard InChI is InChI=1S/C21H22N2O4/c1-27-17-7-8-18-16(13-17)12-15(21(26)23-18)6-9-20(25)22-11-10-14-4-2-3-5-19(14)24/h2-5,7-8,12-13,24H,6,9-11H2,1H3,(H,22,25)(H,23,26). The molecule has 0 fully saturated rings. The van der Waals surface area contributed by atoms with Gasteiger partial charge >= 0.3 is 0 Å². The van der Waals surface area contributed by atoms with E-state index in [9.17, 15) is 14.7 Å². The van der Waals surface area contributed by atoms with Crippen LogP contribution in [0, 0.1) is 0 Å². The number of rotatable bonds is 7. The van der Waals surface area contributed by atoms with E-state index in [1.165, 1.54) is 0 Å². The number of aromatic hydroxyl groups is 1. The third-order valence-electron chi connectivity index (χ3n) is 4.46. The van der Waals surface area contributed by atoms with E-state index in [2.05, 4.69) is 10.3 Å². The molecule has 140 valence electrons. The van der Waals surface area contributed by atoms with Crippen LogP contribution in [0.1, 0.15) is 17.5 Å². The maximum absolute atomic E-state index is 12.2. The Hall–Kier alpha value is -3.28. The van der Waals surface area contributed by atoms with Crippen molar-refractivity contribution in [1.82, 2.24) is 10.3 Å². The first kappa shape index (κ1) is 18.5. The number of H-pyrrole nitrogens is 1. The average molecular weight is 366 g/mol. The number of carbonyl (C=O) groups excluding carboxylic acids is 1. The van der Waals surface area contributed by atoms with Gasteiger partial charge in [-0.2, -0.15) is 0 Å². The summed E-state index contributed by atoms with van der Waals surface area (Å²) in [7, 11) is 1.59. The molecule has 0 saturated carbocycles. The molecule has 0 bridgehead atoms. The fourth-order valence-corrected chi connectivity index (χ4v) is 2.94. The fourth-order valence-electron chi connectivity index (χ4n) is 2.94. The first-order valence-electron chi connectivity index (χ1n) is 8.80. The second-order valence-electron chi connectivity index (χ2n) is 6.31. The molecule has 3 aromatic rings. The lowest BCUT2D eigenvalue weighted by molar-refractivity contribution is -0.121. The zero-order chi connectivity index (χ0) is 19.2. The van der Waals surface area contributed by atoms with Crippen LogP contribution in [0.25, 0.3) is 10.9 Å². The van der Waals surface area contributed by atoms with Gasteiger partial charge in [-0.25, -0.2) is 0 Å². The molecule has 0 aliphatic heterocycles. The van der Waals surface area contributed by atoms with Crippen LogP contribution in [0.4, 0.5) is 0 Å². The van der Waals surface area contributed by atoms with Crippen molar-refractivity contribution in [1.29, 1.82) is 0 Å². The number of aromatic nitrogens is 1. The third-order valence-corrected chi connectivity index (χ3v) is 4.46. The molecular formula is C21H22N2O4. The summed E-state index contributed by atoms with van der Waals surface area (Å²) in [6.45, 7) is 0.432. The quantitative estimate of drug-likeness (QED) is 0.599. The lowest BCUT2D eigenvalue weighted by atomic mass is 10.1. The number of para-hydroxylation sites is 1. The molecular weight excluding hydrogens is 344 g/mol. The van der Waals surface area contributed by atoms with Gasteiger partial charge in [0.2, 0.25) is 5.91 Å². The van der Waals surface area contributed by atoms with E-state index in [0.717, 1.165) is 16.5 Å². The highest BCUT2D eigenvalue weighted by molar-refractivity contribution is 5.81. The number of ether oxygens (including phenoxy) is 1. The van der Waals surface area contributed by atoms with E-state index in [-0.39, 0.29) is 23.6 Å². The number of aromatic amines is 1. The van der Waals surface area contributed by atoms with Crippen LogP contribution in [0.3, 0.4) is 0 Å². The van der Waals surface area contributed by atoms with E-state index < -0.39 is 0 Å². The number of carbonyl (C=O) groups is 1. The summed E-state index contributed by atoms with van der Waals surface area (Å²) in [5, 5.41) is 13.4. The van der Waals surface area contributed by atoms with Crippen molar-refractivity contribution in [3.63, 3.8) is 0 Å². The Balaban J connectivity index is 1.57.